The van der Waals surface area contributed by atoms with Crippen molar-refractivity contribution in [2.24, 2.45) is 5.92 Å². The fourth-order valence-electron chi connectivity index (χ4n) is 1.60. The minimum Gasteiger partial charge on any atom is -0.355 e. The lowest BCUT2D eigenvalue weighted by Gasteiger charge is -2.21. The summed E-state index contributed by atoms with van der Waals surface area (Å²) in [6.45, 7) is 0.974. The summed E-state index contributed by atoms with van der Waals surface area (Å²) in [7, 11) is 0. The van der Waals surface area contributed by atoms with Gasteiger partial charge in [0.2, 0.25) is 11.8 Å². The van der Waals surface area contributed by atoms with Crippen LogP contribution in [0, 0.1) is 5.92 Å². The Hall–Kier alpha value is -1.43. The molecule has 0 aliphatic carbocycles. The van der Waals surface area contributed by atoms with Crippen LogP contribution in [0.1, 0.15) is 17.7 Å². The second-order valence-corrected chi connectivity index (χ2v) is 4.70. The Kier molecular flexibility index (Phi) is 3.51. The van der Waals surface area contributed by atoms with Gasteiger partial charge in [-0.3, -0.25) is 14.6 Å². The van der Waals surface area contributed by atoms with E-state index in [1.807, 2.05) is 0 Å². The number of hydrogen-bond donors (Lipinski definition) is 2. The molecule has 1 atom stereocenters. The average Bonchev–Trinajstić information content (AvgIpc) is 2.80. The quantitative estimate of drug-likeness (QED) is 0.796. The molecule has 16 heavy (non-hydrogen) atoms. The molecule has 1 aromatic rings. The van der Waals surface area contributed by atoms with Gasteiger partial charge in [-0.25, -0.2) is 0 Å². The lowest BCUT2D eigenvalue weighted by atomic mass is 9.98. The highest BCUT2D eigenvalue weighted by atomic mass is 32.1. The summed E-state index contributed by atoms with van der Waals surface area (Å²) in [6.07, 6.45) is 2.83. The Morgan fingerprint density at radius 1 is 1.69 bits per heavy atom. The van der Waals surface area contributed by atoms with Crippen molar-refractivity contribution >= 4 is 23.2 Å². The molecule has 1 unspecified atom stereocenters. The van der Waals surface area contributed by atoms with Crippen molar-refractivity contribution in [3.8, 4) is 0 Å². The van der Waals surface area contributed by atoms with Crippen LogP contribution in [-0.4, -0.2) is 23.3 Å². The van der Waals surface area contributed by atoms with Crippen molar-refractivity contribution in [1.29, 1.82) is 0 Å². The molecule has 2 amide bonds. The number of carbonyl (C=O) groups is 2. The Morgan fingerprint density at radius 2 is 2.56 bits per heavy atom. The van der Waals surface area contributed by atoms with E-state index < -0.39 is 0 Å². The minimum absolute atomic E-state index is 0.00778. The van der Waals surface area contributed by atoms with Crippen LogP contribution in [0.2, 0.25) is 0 Å². The molecule has 1 saturated heterocycles. The van der Waals surface area contributed by atoms with E-state index in [1.54, 1.807) is 11.7 Å². The number of amides is 2. The molecular weight excluding hydrogens is 226 g/mol. The molecule has 1 aromatic heterocycles. The van der Waals surface area contributed by atoms with Crippen LogP contribution in [0.5, 0.6) is 0 Å². The second-order valence-electron chi connectivity index (χ2n) is 3.73. The van der Waals surface area contributed by atoms with Crippen LogP contribution in [0.4, 0.5) is 0 Å². The van der Waals surface area contributed by atoms with E-state index >= 15 is 0 Å². The lowest BCUT2D eigenvalue weighted by molar-refractivity contribution is -0.129. The van der Waals surface area contributed by atoms with Gasteiger partial charge in [-0.1, -0.05) is 0 Å². The zero-order chi connectivity index (χ0) is 11.4. The molecule has 0 radical (unpaired) electrons. The van der Waals surface area contributed by atoms with Gasteiger partial charge in [0.1, 0.15) is 0 Å². The third kappa shape index (κ3) is 2.79. The van der Waals surface area contributed by atoms with Crippen LogP contribution in [0.3, 0.4) is 0 Å². The molecule has 0 saturated carbocycles. The number of piperidine rings is 1. The lowest BCUT2D eigenvalue weighted by Crippen LogP contribution is -2.42. The van der Waals surface area contributed by atoms with Crippen LogP contribution < -0.4 is 10.6 Å². The highest BCUT2D eigenvalue weighted by Gasteiger charge is 2.23. The molecule has 86 valence electrons. The molecule has 5 nitrogen and oxygen atoms in total. The summed E-state index contributed by atoms with van der Waals surface area (Å²) in [4.78, 5) is 27.6. The van der Waals surface area contributed by atoms with Crippen molar-refractivity contribution in [3.63, 3.8) is 0 Å². The standard InChI is InChI=1S/C10H13N3O2S/c14-9-2-1-7(3-12-9)10(15)13-5-8-4-11-6-16-8/h4,6-7H,1-3,5H2,(H,12,14)(H,13,15). The highest BCUT2D eigenvalue weighted by Crippen LogP contribution is 2.11. The summed E-state index contributed by atoms with van der Waals surface area (Å²) in [5, 5.41) is 5.55. The summed E-state index contributed by atoms with van der Waals surface area (Å²) in [6, 6.07) is 0. The third-order valence-corrected chi connectivity index (χ3v) is 3.34. The van der Waals surface area contributed by atoms with Crippen molar-refractivity contribution < 1.29 is 9.59 Å². The number of carbonyl (C=O) groups excluding carboxylic acids is 2. The number of nitrogens with zero attached hydrogens (tertiary/aromatic N) is 1. The Morgan fingerprint density at radius 3 is 3.19 bits per heavy atom. The molecular formula is C10H13N3O2S. The van der Waals surface area contributed by atoms with Crippen LogP contribution in [-0.2, 0) is 16.1 Å². The van der Waals surface area contributed by atoms with E-state index in [9.17, 15) is 9.59 Å². The van der Waals surface area contributed by atoms with Gasteiger partial charge in [-0.05, 0) is 6.42 Å². The number of hydrogen-bond acceptors (Lipinski definition) is 4. The first-order valence-electron chi connectivity index (χ1n) is 5.17. The van der Waals surface area contributed by atoms with Crippen molar-refractivity contribution in [1.82, 2.24) is 15.6 Å². The van der Waals surface area contributed by atoms with Gasteiger partial charge >= 0.3 is 0 Å². The van der Waals surface area contributed by atoms with E-state index in [0.717, 1.165) is 4.88 Å². The predicted molar refractivity (Wildman–Crippen MR) is 59.7 cm³/mol. The third-order valence-electron chi connectivity index (χ3n) is 2.56. The van der Waals surface area contributed by atoms with E-state index in [1.165, 1.54) is 11.3 Å². The van der Waals surface area contributed by atoms with Crippen molar-refractivity contribution in [2.45, 2.75) is 19.4 Å². The summed E-state index contributed by atoms with van der Waals surface area (Å²) in [5.74, 6) is -0.0504. The molecule has 1 aliphatic heterocycles. The molecule has 2 N–H and O–H groups in total. The molecule has 2 rings (SSSR count). The van der Waals surface area contributed by atoms with Gasteiger partial charge in [-0.15, -0.1) is 11.3 Å². The molecule has 2 heterocycles. The summed E-state index contributed by atoms with van der Waals surface area (Å²) in [5.41, 5.74) is 1.74. The Balaban J connectivity index is 1.77. The first-order valence-corrected chi connectivity index (χ1v) is 6.05. The molecule has 0 spiro atoms. The maximum Gasteiger partial charge on any atom is 0.225 e. The smallest absolute Gasteiger partial charge is 0.225 e. The number of rotatable bonds is 3. The highest BCUT2D eigenvalue weighted by molar-refractivity contribution is 7.09. The topological polar surface area (TPSA) is 71.1 Å². The first kappa shape index (κ1) is 11.1. The van der Waals surface area contributed by atoms with Gasteiger partial charge < -0.3 is 10.6 Å². The van der Waals surface area contributed by atoms with E-state index in [4.69, 9.17) is 0 Å². The normalized spacial score (nSPS) is 20.2. The van der Waals surface area contributed by atoms with Crippen molar-refractivity contribution in [2.75, 3.05) is 6.54 Å². The Bertz CT molecular complexity index is 367. The van der Waals surface area contributed by atoms with Crippen LogP contribution >= 0.6 is 11.3 Å². The Labute approximate surface area is 97.3 Å². The number of aromatic nitrogens is 1. The molecule has 1 aliphatic rings. The summed E-state index contributed by atoms with van der Waals surface area (Å²) < 4.78 is 0. The largest absolute Gasteiger partial charge is 0.355 e. The predicted octanol–water partition coefficient (Wildman–Crippen LogP) is 0.285. The van der Waals surface area contributed by atoms with Gasteiger partial charge in [0, 0.05) is 24.0 Å². The molecule has 0 bridgehead atoms. The zero-order valence-corrected chi connectivity index (χ0v) is 9.55. The fourth-order valence-corrected chi connectivity index (χ4v) is 2.14. The van der Waals surface area contributed by atoms with Gasteiger partial charge in [-0.2, -0.15) is 0 Å². The number of thiazole rings is 1. The van der Waals surface area contributed by atoms with Gasteiger partial charge in [0.15, 0.2) is 0 Å². The SMILES string of the molecule is O=C1CCC(C(=O)NCc2cncs2)CN1. The minimum atomic E-state index is -0.0920. The number of nitrogens with one attached hydrogen (secondary N) is 2. The first-order chi connectivity index (χ1) is 7.75. The van der Waals surface area contributed by atoms with Crippen molar-refractivity contribution in [3.05, 3.63) is 16.6 Å². The van der Waals surface area contributed by atoms with E-state index in [0.29, 0.717) is 25.9 Å². The maximum atomic E-state index is 11.7. The van der Waals surface area contributed by atoms with E-state index in [2.05, 4.69) is 15.6 Å². The average molecular weight is 239 g/mol. The second kappa shape index (κ2) is 5.07. The molecule has 1 fully saturated rings. The molecule has 6 heteroatoms. The van der Waals surface area contributed by atoms with Crippen LogP contribution in [0.15, 0.2) is 11.7 Å². The fraction of sp³-hybridized carbons (Fsp3) is 0.500. The zero-order valence-electron chi connectivity index (χ0n) is 8.73. The monoisotopic (exact) mass is 239 g/mol. The van der Waals surface area contributed by atoms with E-state index in [-0.39, 0.29) is 17.7 Å². The van der Waals surface area contributed by atoms with Gasteiger partial charge in [0.05, 0.1) is 18.0 Å². The van der Waals surface area contributed by atoms with Gasteiger partial charge in [0.25, 0.3) is 0 Å². The molecule has 0 aromatic carbocycles. The maximum absolute atomic E-state index is 11.7. The summed E-state index contributed by atoms with van der Waals surface area (Å²) >= 11 is 1.52. The van der Waals surface area contributed by atoms with Crippen LogP contribution in [0.25, 0.3) is 0 Å².